The number of carbonyl (C=O) groups excluding carboxylic acids is 1. The Balaban J connectivity index is 1.60. The summed E-state index contributed by atoms with van der Waals surface area (Å²) in [5, 5.41) is 0.929. The Morgan fingerprint density at radius 2 is 2.19 bits per heavy atom. The second-order valence-corrected chi connectivity index (χ2v) is 14.0. The van der Waals surface area contributed by atoms with Gasteiger partial charge in [-0.2, -0.15) is 0 Å². The van der Waals surface area contributed by atoms with Crippen LogP contribution in [0.2, 0.25) is 25.7 Å². The van der Waals surface area contributed by atoms with E-state index in [0.717, 1.165) is 35.3 Å². The summed E-state index contributed by atoms with van der Waals surface area (Å²) in [4.78, 5) is 23.0. The molecule has 4 heterocycles. The number of anilines is 1. The number of ketones is 1. The standard InChI is InChI=1S/C18H26N4O3Si/c1-26(2,3)7-6-24-12-21-9-15-16-17(21)19-11-20-18(16)22-5-4-14(23)8-13(22)10-25-15/h9,11,13H,4-8,10,12H2,1-3H3/t13-/m0/s1. The highest BCUT2D eigenvalue weighted by Crippen LogP contribution is 2.38. The van der Waals surface area contributed by atoms with Gasteiger partial charge >= 0.3 is 0 Å². The Morgan fingerprint density at radius 1 is 1.35 bits per heavy atom. The third-order valence-corrected chi connectivity index (χ3v) is 6.77. The van der Waals surface area contributed by atoms with E-state index in [1.165, 1.54) is 0 Å². The minimum atomic E-state index is -1.10. The van der Waals surface area contributed by atoms with Crippen molar-refractivity contribution in [2.75, 3.05) is 24.7 Å². The van der Waals surface area contributed by atoms with Gasteiger partial charge in [-0.3, -0.25) is 4.79 Å². The molecule has 7 nitrogen and oxygen atoms in total. The van der Waals surface area contributed by atoms with Gasteiger partial charge in [-0.05, 0) is 6.04 Å². The van der Waals surface area contributed by atoms with Gasteiger partial charge in [-0.25, -0.2) is 9.97 Å². The third-order valence-electron chi connectivity index (χ3n) is 5.06. The average molecular weight is 375 g/mol. The number of fused-ring (bicyclic) bond motifs is 2. The molecule has 4 rings (SSSR count). The number of piperidine rings is 1. The molecule has 0 unspecified atom stereocenters. The van der Waals surface area contributed by atoms with E-state index in [1.54, 1.807) is 6.33 Å². The molecule has 2 aliphatic rings. The maximum absolute atomic E-state index is 11.8. The molecule has 0 bridgehead atoms. The van der Waals surface area contributed by atoms with E-state index < -0.39 is 8.07 Å². The van der Waals surface area contributed by atoms with E-state index in [-0.39, 0.29) is 6.04 Å². The van der Waals surface area contributed by atoms with Crippen molar-refractivity contribution in [3.8, 4) is 5.75 Å². The fourth-order valence-electron chi connectivity index (χ4n) is 3.56. The zero-order valence-electron chi connectivity index (χ0n) is 15.7. The molecule has 2 aromatic rings. The zero-order valence-corrected chi connectivity index (χ0v) is 16.7. The van der Waals surface area contributed by atoms with Crippen LogP contribution in [0.3, 0.4) is 0 Å². The van der Waals surface area contributed by atoms with E-state index in [9.17, 15) is 4.79 Å². The van der Waals surface area contributed by atoms with E-state index in [4.69, 9.17) is 9.47 Å². The van der Waals surface area contributed by atoms with Gasteiger partial charge in [-0.1, -0.05) is 19.6 Å². The molecule has 0 aromatic carbocycles. The van der Waals surface area contributed by atoms with Gasteiger partial charge in [0.25, 0.3) is 0 Å². The number of ether oxygens (including phenoxy) is 2. The SMILES string of the molecule is C[Si](C)(C)CCOCn1cc2c3c(ncnc31)N1CCC(=O)C[C@H]1CO2. The quantitative estimate of drug-likeness (QED) is 0.592. The number of rotatable bonds is 5. The molecule has 1 atom stereocenters. The van der Waals surface area contributed by atoms with Crippen LogP contribution in [0.15, 0.2) is 12.5 Å². The number of nitrogens with zero attached hydrogens (tertiary/aromatic N) is 4. The van der Waals surface area contributed by atoms with Crippen LogP contribution in [0, 0.1) is 0 Å². The largest absolute Gasteiger partial charge is 0.489 e. The lowest BCUT2D eigenvalue weighted by Gasteiger charge is -2.34. The molecule has 140 valence electrons. The van der Waals surface area contributed by atoms with Crippen LogP contribution < -0.4 is 9.64 Å². The summed E-state index contributed by atoms with van der Waals surface area (Å²) >= 11 is 0. The summed E-state index contributed by atoms with van der Waals surface area (Å²) in [7, 11) is -1.10. The Bertz CT molecular complexity index is 830. The molecule has 0 N–H and O–H groups in total. The van der Waals surface area contributed by atoms with Crippen LogP contribution in [0.5, 0.6) is 5.75 Å². The van der Waals surface area contributed by atoms with E-state index >= 15 is 0 Å². The predicted molar refractivity (Wildman–Crippen MR) is 103 cm³/mol. The number of carbonyl (C=O) groups is 1. The molecule has 1 fully saturated rings. The maximum Gasteiger partial charge on any atom is 0.151 e. The molecule has 1 saturated heterocycles. The fourth-order valence-corrected chi connectivity index (χ4v) is 4.31. The van der Waals surface area contributed by atoms with Crippen LogP contribution in [0.1, 0.15) is 12.8 Å². The average Bonchev–Trinajstić information content (AvgIpc) is 2.86. The first-order valence-corrected chi connectivity index (χ1v) is 13.0. The first-order chi connectivity index (χ1) is 12.4. The van der Waals surface area contributed by atoms with E-state index in [2.05, 4.69) is 34.5 Å². The van der Waals surface area contributed by atoms with Crippen LogP contribution in [0.4, 0.5) is 5.82 Å². The van der Waals surface area contributed by atoms with Gasteiger partial charge in [0, 0.05) is 34.1 Å². The summed E-state index contributed by atoms with van der Waals surface area (Å²) in [6.07, 6.45) is 4.64. The Labute approximate surface area is 154 Å². The molecule has 26 heavy (non-hydrogen) atoms. The van der Waals surface area contributed by atoms with Crippen LogP contribution in [0.25, 0.3) is 11.0 Å². The summed E-state index contributed by atoms with van der Waals surface area (Å²) in [5.41, 5.74) is 0.829. The number of Topliss-reactive ketones (excluding diaryl/α,β-unsaturated/α-hetero) is 1. The molecule has 0 amide bonds. The van der Waals surface area contributed by atoms with Gasteiger partial charge in [-0.15, -0.1) is 0 Å². The predicted octanol–water partition coefficient (Wildman–Crippen LogP) is 2.67. The fraction of sp³-hybridized carbons (Fsp3) is 0.611. The van der Waals surface area contributed by atoms with Gasteiger partial charge in [0.2, 0.25) is 0 Å². The molecule has 8 heteroatoms. The lowest BCUT2D eigenvalue weighted by molar-refractivity contribution is -0.120. The first-order valence-electron chi connectivity index (χ1n) is 9.25. The molecular formula is C18H26N4O3Si. The summed E-state index contributed by atoms with van der Waals surface area (Å²) in [6, 6.07) is 1.20. The summed E-state index contributed by atoms with van der Waals surface area (Å²) in [5.74, 6) is 1.96. The van der Waals surface area contributed by atoms with Crippen molar-refractivity contribution in [1.82, 2.24) is 14.5 Å². The Morgan fingerprint density at radius 3 is 3.00 bits per heavy atom. The highest BCUT2D eigenvalue weighted by molar-refractivity contribution is 6.76. The molecule has 0 radical (unpaired) electrons. The molecule has 2 aromatic heterocycles. The van der Waals surface area contributed by atoms with Crippen LogP contribution in [-0.4, -0.2) is 54.2 Å². The van der Waals surface area contributed by atoms with Crippen LogP contribution in [-0.2, 0) is 16.3 Å². The van der Waals surface area contributed by atoms with E-state index in [0.29, 0.717) is 38.5 Å². The van der Waals surface area contributed by atoms with Gasteiger partial charge < -0.3 is 18.9 Å². The van der Waals surface area contributed by atoms with Crippen molar-refractivity contribution in [2.45, 2.75) is 51.3 Å². The normalized spacial score (nSPS) is 20.0. The minimum Gasteiger partial charge on any atom is -0.489 e. The van der Waals surface area contributed by atoms with Crippen molar-refractivity contribution in [3.63, 3.8) is 0 Å². The highest BCUT2D eigenvalue weighted by Gasteiger charge is 2.34. The second-order valence-electron chi connectivity index (χ2n) is 8.36. The molecule has 0 spiro atoms. The van der Waals surface area contributed by atoms with Crippen molar-refractivity contribution in [1.29, 1.82) is 0 Å². The Hall–Kier alpha value is -1.93. The lowest BCUT2D eigenvalue weighted by atomic mass is 10.0. The van der Waals surface area contributed by atoms with E-state index in [1.807, 2.05) is 10.8 Å². The minimum absolute atomic E-state index is 0.0585. The molecule has 2 aliphatic heterocycles. The summed E-state index contributed by atoms with van der Waals surface area (Å²) in [6.45, 7) is 9.45. The van der Waals surface area contributed by atoms with Crippen molar-refractivity contribution < 1.29 is 14.3 Å². The van der Waals surface area contributed by atoms with Gasteiger partial charge in [0.05, 0.1) is 12.2 Å². The van der Waals surface area contributed by atoms with Crippen LogP contribution >= 0.6 is 0 Å². The molecule has 0 saturated carbocycles. The first kappa shape index (κ1) is 17.5. The van der Waals surface area contributed by atoms with Crippen molar-refractivity contribution in [2.24, 2.45) is 0 Å². The molecular weight excluding hydrogens is 348 g/mol. The lowest BCUT2D eigenvalue weighted by Crippen LogP contribution is -2.46. The maximum atomic E-state index is 11.8. The Kier molecular flexibility index (Phi) is 4.48. The monoisotopic (exact) mass is 374 g/mol. The topological polar surface area (TPSA) is 69.5 Å². The second kappa shape index (κ2) is 6.66. The number of hydrogen-bond acceptors (Lipinski definition) is 6. The van der Waals surface area contributed by atoms with Gasteiger partial charge in [0.1, 0.15) is 42.4 Å². The van der Waals surface area contributed by atoms with Crippen molar-refractivity contribution >= 4 is 30.7 Å². The smallest absolute Gasteiger partial charge is 0.151 e. The third kappa shape index (κ3) is 3.35. The zero-order chi connectivity index (χ0) is 18.3. The summed E-state index contributed by atoms with van der Waals surface area (Å²) < 4.78 is 13.9. The van der Waals surface area contributed by atoms with Crippen molar-refractivity contribution in [3.05, 3.63) is 12.5 Å². The number of aromatic nitrogens is 3. The highest BCUT2D eigenvalue weighted by atomic mass is 28.3. The molecule has 0 aliphatic carbocycles. The number of hydrogen-bond donors (Lipinski definition) is 0. The van der Waals surface area contributed by atoms with Gasteiger partial charge in [0.15, 0.2) is 5.65 Å².